The van der Waals surface area contributed by atoms with Gasteiger partial charge in [0, 0.05) is 13.6 Å². The van der Waals surface area contributed by atoms with Gasteiger partial charge in [-0.05, 0) is 56.3 Å². The second-order valence-electron chi connectivity index (χ2n) is 7.04. The Morgan fingerprint density at radius 3 is 2.52 bits per heavy atom. The lowest BCUT2D eigenvalue weighted by Gasteiger charge is -2.37. The van der Waals surface area contributed by atoms with Crippen LogP contribution < -0.4 is 4.31 Å². The van der Waals surface area contributed by atoms with Gasteiger partial charge in [-0.1, -0.05) is 11.6 Å². The fraction of sp³-hybridized carbons (Fsp3) is 0.350. The van der Waals surface area contributed by atoms with E-state index in [1.807, 2.05) is 13.8 Å². The molecule has 2 aromatic carbocycles. The maximum atomic E-state index is 13.2. The largest absolute Gasteiger partial charge is 0.375 e. The van der Waals surface area contributed by atoms with Crippen molar-refractivity contribution in [1.82, 2.24) is 4.90 Å². The molecule has 2 aromatic rings. The van der Waals surface area contributed by atoms with Gasteiger partial charge >= 0.3 is 0 Å². The van der Waals surface area contributed by atoms with Crippen molar-refractivity contribution in [2.45, 2.75) is 30.9 Å². The van der Waals surface area contributed by atoms with Gasteiger partial charge < -0.3 is 9.64 Å². The van der Waals surface area contributed by atoms with Crippen molar-refractivity contribution in [1.29, 1.82) is 0 Å². The van der Waals surface area contributed by atoms with Crippen LogP contribution in [-0.2, 0) is 14.8 Å². The smallest absolute Gasteiger partial charge is 0.264 e. The first-order valence-corrected chi connectivity index (χ1v) is 10.9. The van der Waals surface area contributed by atoms with Crippen LogP contribution in [-0.4, -0.2) is 51.6 Å². The van der Waals surface area contributed by atoms with E-state index in [1.54, 1.807) is 4.90 Å². The Bertz CT molecular complexity index is 1010. The van der Waals surface area contributed by atoms with E-state index in [0.717, 1.165) is 4.31 Å². The Morgan fingerprint density at radius 1 is 1.21 bits per heavy atom. The van der Waals surface area contributed by atoms with Crippen molar-refractivity contribution in [3.05, 3.63) is 58.9 Å². The molecule has 29 heavy (non-hydrogen) atoms. The molecule has 0 aliphatic carbocycles. The van der Waals surface area contributed by atoms with Gasteiger partial charge in [0.1, 0.15) is 5.82 Å². The Labute approximate surface area is 174 Å². The molecule has 6 nitrogen and oxygen atoms in total. The van der Waals surface area contributed by atoms with Gasteiger partial charge in [-0.15, -0.1) is 0 Å². The third kappa shape index (κ3) is 4.39. The third-order valence-corrected chi connectivity index (χ3v) is 7.00. The van der Waals surface area contributed by atoms with Gasteiger partial charge in [-0.25, -0.2) is 12.8 Å². The molecule has 9 heteroatoms. The Hall–Kier alpha value is -2.16. The van der Waals surface area contributed by atoms with Crippen LogP contribution in [0.1, 0.15) is 24.2 Å². The Morgan fingerprint density at radius 2 is 1.86 bits per heavy atom. The van der Waals surface area contributed by atoms with Gasteiger partial charge in [-0.3, -0.25) is 9.10 Å². The molecular weight excluding hydrogens is 419 g/mol. The molecule has 1 fully saturated rings. The first-order valence-electron chi connectivity index (χ1n) is 9.08. The highest BCUT2D eigenvalue weighted by Gasteiger charge is 2.31. The van der Waals surface area contributed by atoms with E-state index in [9.17, 15) is 17.6 Å². The van der Waals surface area contributed by atoms with E-state index in [1.165, 1.54) is 49.5 Å². The van der Waals surface area contributed by atoms with Gasteiger partial charge in [0.25, 0.3) is 15.9 Å². The lowest BCUT2D eigenvalue weighted by molar-refractivity contribution is -0.0387. The molecule has 1 amide bonds. The highest BCUT2D eigenvalue weighted by atomic mass is 35.5. The summed E-state index contributed by atoms with van der Waals surface area (Å²) >= 11 is 6.23. The topological polar surface area (TPSA) is 66.9 Å². The molecule has 1 heterocycles. The minimum atomic E-state index is -3.98. The standard InChI is InChI=1S/C20H22ClFN2O4S/c1-13-12-28-14(2)11-24(13)20(25)18-10-17(8-9-19(18)21)29(26,27)23(3)16-6-4-15(22)5-7-16/h4-10,13-14H,11-12H2,1-3H3. The minimum Gasteiger partial charge on any atom is -0.375 e. The minimum absolute atomic E-state index is 0.0777. The van der Waals surface area contributed by atoms with Crippen LogP contribution in [0, 0.1) is 5.82 Å². The monoisotopic (exact) mass is 440 g/mol. The SMILES string of the molecule is CC1CN(C(=O)c2cc(S(=O)(=O)N(C)c3ccc(F)cc3)ccc2Cl)C(C)CO1. The van der Waals surface area contributed by atoms with Crippen molar-refractivity contribution in [2.75, 3.05) is 24.5 Å². The normalized spacial score (nSPS) is 19.8. The molecule has 0 aromatic heterocycles. The average Bonchev–Trinajstić information content (AvgIpc) is 2.69. The highest BCUT2D eigenvalue weighted by Crippen LogP contribution is 2.27. The van der Waals surface area contributed by atoms with Gasteiger partial charge in [0.15, 0.2) is 0 Å². The summed E-state index contributed by atoms with van der Waals surface area (Å²) in [4.78, 5) is 14.6. The fourth-order valence-electron chi connectivity index (χ4n) is 3.12. The van der Waals surface area contributed by atoms with Crippen LogP contribution in [0.4, 0.5) is 10.1 Å². The third-order valence-electron chi connectivity index (χ3n) is 4.89. The lowest BCUT2D eigenvalue weighted by Crippen LogP contribution is -2.50. The zero-order valence-electron chi connectivity index (χ0n) is 16.3. The lowest BCUT2D eigenvalue weighted by atomic mass is 10.1. The van der Waals surface area contributed by atoms with Crippen molar-refractivity contribution in [2.24, 2.45) is 0 Å². The number of amides is 1. The number of hydrogen-bond acceptors (Lipinski definition) is 4. The molecule has 0 spiro atoms. The molecule has 3 rings (SSSR count). The molecule has 0 bridgehead atoms. The van der Waals surface area contributed by atoms with Crippen molar-refractivity contribution < 1.29 is 22.3 Å². The second kappa shape index (κ2) is 8.30. The quantitative estimate of drug-likeness (QED) is 0.729. The van der Waals surface area contributed by atoms with Gasteiger partial charge in [0.05, 0.1) is 39.9 Å². The molecule has 1 aliphatic heterocycles. The van der Waals surface area contributed by atoms with E-state index < -0.39 is 15.8 Å². The van der Waals surface area contributed by atoms with E-state index in [-0.39, 0.29) is 33.5 Å². The fourth-order valence-corrected chi connectivity index (χ4v) is 4.54. The van der Waals surface area contributed by atoms with Gasteiger partial charge in [-0.2, -0.15) is 0 Å². The van der Waals surface area contributed by atoms with Gasteiger partial charge in [0.2, 0.25) is 0 Å². The van der Waals surface area contributed by atoms with Crippen LogP contribution in [0.25, 0.3) is 0 Å². The van der Waals surface area contributed by atoms with Crippen molar-refractivity contribution >= 4 is 33.2 Å². The van der Waals surface area contributed by atoms with E-state index >= 15 is 0 Å². The number of halogens is 2. The van der Waals surface area contributed by atoms with Crippen LogP contribution in [0.5, 0.6) is 0 Å². The zero-order valence-corrected chi connectivity index (χ0v) is 17.9. The molecular formula is C20H22ClFN2O4S. The highest BCUT2D eigenvalue weighted by molar-refractivity contribution is 7.92. The number of ether oxygens (including phenoxy) is 1. The maximum Gasteiger partial charge on any atom is 0.264 e. The molecule has 0 radical (unpaired) electrons. The first-order chi connectivity index (χ1) is 13.6. The summed E-state index contributed by atoms with van der Waals surface area (Å²) in [5.41, 5.74) is 0.408. The average molecular weight is 441 g/mol. The zero-order chi connectivity index (χ0) is 21.3. The number of sulfonamides is 1. The number of carbonyl (C=O) groups excluding carboxylic acids is 1. The summed E-state index contributed by atoms with van der Waals surface area (Å²) in [6.45, 7) is 4.52. The van der Waals surface area contributed by atoms with Crippen molar-refractivity contribution in [3.8, 4) is 0 Å². The summed E-state index contributed by atoms with van der Waals surface area (Å²) in [5, 5.41) is 0.171. The number of hydrogen-bond donors (Lipinski definition) is 0. The number of nitrogens with zero attached hydrogens (tertiary/aromatic N) is 2. The van der Waals surface area contributed by atoms with E-state index in [2.05, 4.69) is 0 Å². The molecule has 0 saturated carbocycles. The first kappa shape index (κ1) is 21.5. The van der Waals surface area contributed by atoms with Crippen LogP contribution in [0.15, 0.2) is 47.4 Å². The predicted octanol–water partition coefficient (Wildman–Crippen LogP) is 3.55. The van der Waals surface area contributed by atoms with Crippen LogP contribution >= 0.6 is 11.6 Å². The number of rotatable bonds is 4. The predicted molar refractivity (Wildman–Crippen MR) is 109 cm³/mol. The number of benzene rings is 2. The van der Waals surface area contributed by atoms with E-state index in [0.29, 0.717) is 18.8 Å². The van der Waals surface area contributed by atoms with E-state index in [4.69, 9.17) is 16.3 Å². The number of carbonyl (C=O) groups is 1. The molecule has 1 aliphatic rings. The molecule has 1 saturated heterocycles. The van der Waals surface area contributed by atoms with Crippen molar-refractivity contribution in [3.63, 3.8) is 0 Å². The summed E-state index contributed by atoms with van der Waals surface area (Å²) in [6, 6.07) is 8.97. The summed E-state index contributed by atoms with van der Waals surface area (Å²) in [7, 11) is -2.61. The number of anilines is 1. The Kier molecular flexibility index (Phi) is 6.16. The van der Waals surface area contributed by atoms with Crippen LogP contribution in [0.3, 0.4) is 0 Å². The summed E-state index contributed by atoms with van der Waals surface area (Å²) < 4.78 is 45.8. The summed E-state index contributed by atoms with van der Waals surface area (Å²) in [6.07, 6.45) is -0.120. The molecule has 2 atom stereocenters. The Balaban J connectivity index is 1.95. The molecule has 0 N–H and O–H groups in total. The maximum absolute atomic E-state index is 13.2. The number of morpholine rings is 1. The molecule has 2 unspecified atom stereocenters. The van der Waals surface area contributed by atoms with Crippen LogP contribution in [0.2, 0.25) is 5.02 Å². The summed E-state index contributed by atoms with van der Waals surface area (Å²) in [5.74, 6) is -0.813. The second-order valence-corrected chi connectivity index (χ2v) is 9.42. The molecule has 156 valence electrons.